The maximum absolute atomic E-state index is 12.7. The number of likely N-dealkylation sites (tertiary alicyclic amines) is 2. The number of carbonyl (C=O) groups excluding carboxylic acids is 2. The molecule has 0 aromatic heterocycles. The summed E-state index contributed by atoms with van der Waals surface area (Å²) >= 11 is 0. The second-order valence-electron chi connectivity index (χ2n) is 7.05. The van der Waals surface area contributed by atoms with Crippen molar-refractivity contribution in [1.82, 2.24) is 15.1 Å². The van der Waals surface area contributed by atoms with Gasteiger partial charge in [0.1, 0.15) is 0 Å². The Morgan fingerprint density at radius 3 is 2.71 bits per heavy atom. The van der Waals surface area contributed by atoms with Crippen molar-refractivity contribution in [3.63, 3.8) is 0 Å². The first-order valence-corrected chi connectivity index (χ1v) is 9.01. The van der Waals surface area contributed by atoms with Crippen molar-refractivity contribution >= 4 is 11.9 Å². The summed E-state index contributed by atoms with van der Waals surface area (Å²) in [5.74, 6) is 0.747. The molecule has 2 fully saturated rings. The molecular formula is C19H27N3O2. The Morgan fingerprint density at radius 2 is 2.04 bits per heavy atom. The largest absolute Gasteiger partial charge is 0.340 e. The maximum atomic E-state index is 12.7. The molecule has 0 saturated carbocycles. The molecule has 24 heavy (non-hydrogen) atoms. The van der Waals surface area contributed by atoms with Gasteiger partial charge in [0.05, 0.1) is 6.04 Å². The smallest absolute Gasteiger partial charge is 0.317 e. The average Bonchev–Trinajstić information content (AvgIpc) is 3.00. The zero-order valence-corrected chi connectivity index (χ0v) is 14.4. The third-order valence-electron chi connectivity index (χ3n) is 5.02. The fourth-order valence-corrected chi connectivity index (χ4v) is 3.65. The van der Waals surface area contributed by atoms with Crippen LogP contribution in [0, 0.1) is 5.92 Å². The Hall–Kier alpha value is -2.04. The predicted molar refractivity (Wildman–Crippen MR) is 93.5 cm³/mol. The van der Waals surface area contributed by atoms with E-state index in [-0.39, 0.29) is 18.0 Å². The molecule has 3 rings (SSSR count). The van der Waals surface area contributed by atoms with Crippen molar-refractivity contribution in [3.8, 4) is 0 Å². The van der Waals surface area contributed by atoms with Gasteiger partial charge < -0.3 is 15.1 Å². The second-order valence-corrected chi connectivity index (χ2v) is 7.05. The van der Waals surface area contributed by atoms with Crippen LogP contribution in [-0.2, 0) is 4.79 Å². The lowest BCUT2D eigenvalue weighted by Gasteiger charge is -2.33. The Morgan fingerprint density at radius 1 is 1.25 bits per heavy atom. The van der Waals surface area contributed by atoms with Gasteiger partial charge in [0.15, 0.2) is 0 Å². The first-order valence-electron chi connectivity index (χ1n) is 9.01. The molecule has 2 aliphatic rings. The van der Waals surface area contributed by atoms with E-state index in [0.29, 0.717) is 18.9 Å². The van der Waals surface area contributed by atoms with Gasteiger partial charge in [-0.2, -0.15) is 0 Å². The topological polar surface area (TPSA) is 52.7 Å². The van der Waals surface area contributed by atoms with Crippen LogP contribution >= 0.6 is 0 Å². The Bertz CT molecular complexity index is 575. The highest BCUT2D eigenvalue weighted by molar-refractivity contribution is 5.78. The minimum absolute atomic E-state index is 0.0120. The first-order chi connectivity index (χ1) is 11.6. The van der Waals surface area contributed by atoms with Crippen molar-refractivity contribution in [2.45, 2.75) is 38.6 Å². The molecular weight excluding hydrogens is 302 g/mol. The number of piperidine rings is 1. The van der Waals surface area contributed by atoms with Crippen molar-refractivity contribution in [3.05, 3.63) is 35.9 Å². The van der Waals surface area contributed by atoms with E-state index in [9.17, 15) is 9.59 Å². The number of nitrogens with zero attached hydrogens (tertiary/aromatic N) is 2. The molecule has 5 nitrogen and oxygen atoms in total. The fourth-order valence-electron chi connectivity index (χ4n) is 3.65. The summed E-state index contributed by atoms with van der Waals surface area (Å²) in [4.78, 5) is 28.5. The van der Waals surface area contributed by atoms with Gasteiger partial charge in [-0.15, -0.1) is 0 Å². The van der Waals surface area contributed by atoms with Gasteiger partial charge in [0, 0.05) is 32.6 Å². The molecule has 0 bridgehead atoms. The predicted octanol–water partition coefficient (Wildman–Crippen LogP) is 2.79. The summed E-state index contributed by atoms with van der Waals surface area (Å²) in [5.41, 5.74) is 1.05. The summed E-state index contributed by atoms with van der Waals surface area (Å²) in [7, 11) is 0. The number of nitrogens with one attached hydrogen (secondary N) is 1. The second kappa shape index (κ2) is 7.69. The molecule has 2 atom stereocenters. The summed E-state index contributed by atoms with van der Waals surface area (Å²) in [6.07, 6.45) is 3.79. The summed E-state index contributed by atoms with van der Waals surface area (Å²) < 4.78 is 0. The highest BCUT2D eigenvalue weighted by Crippen LogP contribution is 2.20. The van der Waals surface area contributed by atoms with Gasteiger partial charge in [0.2, 0.25) is 5.91 Å². The van der Waals surface area contributed by atoms with Crippen molar-refractivity contribution < 1.29 is 9.59 Å². The van der Waals surface area contributed by atoms with Crippen LogP contribution in [-0.4, -0.2) is 47.9 Å². The lowest BCUT2D eigenvalue weighted by atomic mass is 10.0. The molecule has 5 heteroatoms. The van der Waals surface area contributed by atoms with Crippen LogP contribution in [0.4, 0.5) is 4.79 Å². The van der Waals surface area contributed by atoms with Crippen LogP contribution in [0.5, 0.6) is 0 Å². The van der Waals surface area contributed by atoms with Crippen molar-refractivity contribution in [2.75, 3.05) is 26.2 Å². The molecule has 130 valence electrons. The number of rotatable bonds is 4. The molecule has 2 saturated heterocycles. The summed E-state index contributed by atoms with van der Waals surface area (Å²) in [6.45, 7) is 5.17. The normalized spacial score (nSPS) is 22.5. The Kier molecular flexibility index (Phi) is 5.38. The van der Waals surface area contributed by atoms with E-state index in [1.807, 2.05) is 40.1 Å². The molecule has 2 aliphatic heterocycles. The van der Waals surface area contributed by atoms with Gasteiger partial charge >= 0.3 is 6.03 Å². The first kappa shape index (κ1) is 16.8. The van der Waals surface area contributed by atoms with E-state index in [2.05, 4.69) is 12.2 Å². The fraction of sp³-hybridized carbons (Fsp3) is 0.579. The maximum Gasteiger partial charge on any atom is 0.317 e. The highest BCUT2D eigenvalue weighted by atomic mass is 16.2. The van der Waals surface area contributed by atoms with Crippen LogP contribution in [0.15, 0.2) is 30.3 Å². The van der Waals surface area contributed by atoms with Crippen LogP contribution in [0.2, 0.25) is 0 Å². The highest BCUT2D eigenvalue weighted by Gasteiger charge is 2.27. The zero-order valence-electron chi connectivity index (χ0n) is 14.4. The summed E-state index contributed by atoms with van der Waals surface area (Å²) in [5, 5.41) is 3.16. The van der Waals surface area contributed by atoms with Crippen LogP contribution in [0.1, 0.15) is 44.2 Å². The van der Waals surface area contributed by atoms with Gasteiger partial charge in [-0.1, -0.05) is 37.3 Å². The molecule has 0 radical (unpaired) electrons. The molecule has 1 aromatic carbocycles. The summed E-state index contributed by atoms with van der Waals surface area (Å²) in [6, 6.07) is 9.79. The molecule has 0 aliphatic carbocycles. The minimum atomic E-state index is -0.155. The van der Waals surface area contributed by atoms with Gasteiger partial charge in [-0.05, 0) is 30.7 Å². The molecule has 1 N–H and O–H groups in total. The Balaban J connectivity index is 1.69. The van der Waals surface area contributed by atoms with Crippen LogP contribution in [0.3, 0.4) is 0 Å². The molecule has 3 amide bonds. The van der Waals surface area contributed by atoms with Crippen LogP contribution < -0.4 is 5.32 Å². The third kappa shape index (κ3) is 4.08. The van der Waals surface area contributed by atoms with Gasteiger partial charge in [-0.25, -0.2) is 4.79 Å². The standard InChI is InChI=1S/C19H27N3O2/c1-15-7-5-12-22(13-15)19(24)20-17(16-8-3-2-4-9-16)14-21-11-6-10-18(21)23/h2-4,8-9,15,17H,5-7,10-14H2,1H3,(H,20,24)/t15-,17+/m1/s1. The number of benzene rings is 1. The van der Waals surface area contributed by atoms with E-state index in [1.54, 1.807) is 0 Å². The molecule has 0 spiro atoms. The number of carbonyl (C=O) groups is 2. The van der Waals surface area contributed by atoms with Crippen molar-refractivity contribution in [2.24, 2.45) is 5.92 Å². The number of hydrogen-bond donors (Lipinski definition) is 1. The van der Waals surface area contributed by atoms with E-state index in [1.165, 1.54) is 6.42 Å². The average molecular weight is 329 g/mol. The minimum Gasteiger partial charge on any atom is -0.340 e. The van der Waals surface area contributed by atoms with E-state index in [4.69, 9.17) is 0 Å². The SMILES string of the molecule is C[C@@H]1CCCN(C(=O)N[C@@H](CN2CCCC2=O)c2ccccc2)C1. The van der Waals surface area contributed by atoms with E-state index >= 15 is 0 Å². The Labute approximate surface area is 144 Å². The third-order valence-corrected chi connectivity index (χ3v) is 5.02. The lowest BCUT2D eigenvalue weighted by molar-refractivity contribution is -0.128. The monoisotopic (exact) mass is 329 g/mol. The molecule has 2 heterocycles. The quantitative estimate of drug-likeness (QED) is 0.923. The van der Waals surface area contributed by atoms with E-state index in [0.717, 1.165) is 38.0 Å². The van der Waals surface area contributed by atoms with Gasteiger partial charge in [0.25, 0.3) is 0 Å². The van der Waals surface area contributed by atoms with Gasteiger partial charge in [-0.3, -0.25) is 4.79 Å². The molecule has 0 unspecified atom stereocenters. The number of urea groups is 1. The zero-order chi connectivity index (χ0) is 16.9. The molecule has 1 aromatic rings. The van der Waals surface area contributed by atoms with Crippen molar-refractivity contribution in [1.29, 1.82) is 0 Å². The number of amides is 3. The van der Waals surface area contributed by atoms with E-state index < -0.39 is 0 Å². The van der Waals surface area contributed by atoms with Crippen LogP contribution in [0.25, 0.3) is 0 Å². The number of hydrogen-bond acceptors (Lipinski definition) is 2. The lowest BCUT2D eigenvalue weighted by Crippen LogP contribution is -2.48.